The summed E-state index contributed by atoms with van der Waals surface area (Å²) in [5, 5.41) is 0. The van der Waals surface area contributed by atoms with Crippen LogP contribution in [0.25, 0.3) is 22.3 Å². The molecule has 4 aromatic heterocycles. The fourth-order valence-corrected chi connectivity index (χ4v) is 8.78. The van der Waals surface area contributed by atoms with E-state index in [4.69, 9.17) is 53.0 Å². The Hall–Kier alpha value is -3.81. The summed E-state index contributed by atoms with van der Waals surface area (Å²) in [6.07, 6.45) is 2.85. The predicted octanol–water partition coefficient (Wildman–Crippen LogP) is 1.80. The van der Waals surface area contributed by atoms with Gasteiger partial charge in [0.2, 0.25) is 0 Å². The van der Waals surface area contributed by atoms with Gasteiger partial charge in [0, 0.05) is 41.2 Å². The maximum absolute atomic E-state index is 13.0. The van der Waals surface area contributed by atoms with Gasteiger partial charge in [0.15, 0.2) is 52.5 Å². The summed E-state index contributed by atoms with van der Waals surface area (Å²) in [7, 11) is -4.26. The second-order valence-electron chi connectivity index (χ2n) is 16.2. The number of rotatable bonds is 13. The van der Waals surface area contributed by atoms with E-state index >= 15 is 0 Å². The van der Waals surface area contributed by atoms with Crippen LogP contribution in [0, 0.1) is 0 Å². The molecule has 4 aliphatic heterocycles. The molecule has 0 bridgehead atoms. The summed E-state index contributed by atoms with van der Waals surface area (Å²) in [5.41, 5.74) is 8.67. The topological polar surface area (TPSA) is 349 Å². The molecular weight excluding hydrogens is 1010 g/mol. The zero-order valence-electron chi connectivity index (χ0n) is 36.7. The van der Waals surface area contributed by atoms with E-state index in [2.05, 4.69) is 39.4 Å². The molecule has 4 aliphatic rings. The van der Waals surface area contributed by atoms with Crippen molar-refractivity contribution in [3.63, 3.8) is 0 Å². The summed E-state index contributed by atoms with van der Waals surface area (Å²) in [5.74, 6) is -1.05. The average molecular weight is 1060 g/mol. The first kappa shape index (κ1) is 53.2. The van der Waals surface area contributed by atoms with Gasteiger partial charge in [-0.15, -0.1) is 0 Å². The number of nitrogens with zero attached hydrogens (tertiary/aromatic N) is 10. The summed E-state index contributed by atoms with van der Waals surface area (Å²) >= 11 is 0. The number of aromatic nitrogens is 8. The maximum Gasteiger partial charge on any atom is 0.469 e. The van der Waals surface area contributed by atoms with E-state index < -0.39 is 76.1 Å². The largest absolute Gasteiger partial charge is 0.469 e. The van der Waals surface area contributed by atoms with Crippen LogP contribution >= 0.6 is 15.4 Å². The van der Waals surface area contributed by atoms with E-state index in [1.54, 1.807) is 35.6 Å². The molecule has 3 unspecified atom stereocenters. The van der Waals surface area contributed by atoms with Crippen LogP contribution < -0.4 is 5.73 Å². The standard InChI is InChI=1S/C24H31N6O6P.C13H18N5O7P.2H2O.Pd/c1-24(2)35-19-17(12-33-37(5,31)32-11-16-9-7-6-8-10-16)34-23(20(19)36-24)30-15-27-18-21(28-14-29(3)4)25-13-26-22(18)30;1-13(2)24-8-6(3-22-26(19,20)21)23-12(9(8)25-13)18-5-17-7-10(14)15-4-16-11(7)18;;;/h6-10,13-15,17,19-20,23H,11-12H2,1-5H3;4-6,8-9,12H,3H2,1-2H3,(H2,14,15,16)(H2,19,20,21);2*1H2;/t17-,19?,20+,23-,37?;6-,8?,9+,12-;;;/m11.../s1. The Morgan fingerprint density at radius 3 is 1.80 bits per heavy atom. The third-order valence-corrected chi connectivity index (χ3v) is 11.8. The van der Waals surface area contributed by atoms with Crippen molar-refractivity contribution < 1.29 is 92.3 Å². The Balaban J connectivity index is 0.000000250. The van der Waals surface area contributed by atoms with Crippen LogP contribution in [0.3, 0.4) is 0 Å². The molecule has 0 aliphatic carbocycles. The molecule has 9 rings (SSSR count). The van der Waals surface area contributed by atoms with Crippen molar-refractivity contribution in [1.82, 2.24) is 43.9 Å². The van der Waals surface area contributed by atoms with Gasteiger partial charge in [-0.25, -0.2) is 39.5 Å². The number of phosphoric acid groups is 1. The Kier molecular flexibility index (Phi) is 16.8. The van der Waals surface area contributed by atoms with Crippen molar-refractivity contribution in [2.75, 3.05) is 39.7 Å². The van der Waals surface area contributed by atoms with Gasteiger partial charge in [-0.2, -0.15) is 0 Å². The fraction of sp³-hybridized carbons (Fsp3) is 0.541. The van der Waals surface area contributed by atoms with Crippen LogP contribution in [0.5, 0.6) is 0 Å². The van der Waals surface area contributed by atoms with Gasteiger partial charge < -0.3 is 68.8 Å². The molecular formula is C37H53N11O15P2Pd. The second kappa shape index (κ2) is 20.8. The molecule has 0 radical (unpaired) electrons. The predicted molar refractivity (Wildman–Crippen MR) is 228 cm³/mol. The summed E-state index contributed by atoms with van der Waals surface area (Å²) in [4.78, 5) is 49.5. The van der Waals surface area contributed by atoms with Gasteiger partial charge in [-0.1, -0.05) is 30.3 Å². The monoisotopic (exact) mass is 1060 g/mol. The molecule has 26 nitrogen and oxygen atoms in total. The molecule has 0 amide bonds. The first-order chi connectivity index (χ1) is 29.8. The van der Waals surface area contributed by atoms with Crippen LogP contribution in [0.4, 0.5) is 11.6 Å². The van der Waals surface area contributed by atoms with Crippen LogP contribution in [-0.4, -0.2) is 153 Å². The molecule has 66 heavy (non-hydrogen) atoms. The van der Waals surface area contributed by atoms with E-state index in [1.165, 1.54) is 25.6 Å². The molecule has 9 atom stereocenters. The Morgan fingerprint density at radius 1 is 0.758 bits per heavy atom. The van der Waals surface area contributed by atoms with Crippen LogP contribution in [0.15, 0.2) is 60.6 Å². The Labute approximate surface area is 391 Å². The van der Waals surface area contributed by atoms with Gasteiger partial charge in [-0.3, -0.25) is 18.2 Å². The summed E-state index contributed by atoms with van der Waals surface area (Å²) in [6.45, 7) is 8.45. The maximum atomic E-state index is 13.0. The number of imidazole rings is 2. The molecule has 4 fully saturated rings. The molecule has 0 spiro atoms. The Bertz CT molecular complexity index is 2550. The van der Waals surface area contributed by atoms with Crippen LogP contribution in [0.2, 0.25) is 0 Å². The third kappa shape index (κ3) is 11.9. The van der Waals surface area contributed by atoms with Crippen LogP contribution in [-0.2, 0) is 78.2 Å². The molecule has 5 aromatic rings. The van der Waals surface area contributed by atoms with Gasteiger partial charge in [0.05, 0.1) is 38.8 Å². The molecule has 4 saturated heterocycles. The fourth-order valence-electron chi connectivity index (χ4n) is 7.56. The number of phosphoric ester groups is 1. The molecule has 366 valence electrons. The van der Waals surface area contributed by atoms with Gasteiger partial charge in [0.25, 0.3) is 0 Å². The molecule has 8 N–H and O–H groups in total. The van der Waals surface area contributed by atoms with Crippen molar-refractivity contribution in [2.45, 2.75) is 95.0 Å². The third-order valence-electron chi connectivity index (χ3n) is 10.1. The normalized spacial score (nSPS) is 27.0. The number of anilines is 1. The van der Waals surface area contributed by atoms with E-state index in [9.17, 15) is 9.13 Å². The number of nitrogens with two attached hydrogens (primary N) is 1. The van der Waals surface area contributed by atoms with E-state index in [1.807, 2.05) is 63.2 Å². The average Bonchev–Trinajstić information content (AvgIpc) is 4.07. The number of hydrogen-bond donors (Lipinski definition) is 3. The number of ether oxygens (including phenoxy) is 6. The van der Waals surface area contributed by atoms with Crippen LogP contribution in [0.1, 0.15) is 45.7 Å². The molecule has 29 heteroatoms. The number of hydrogen-bond acceptors (Lipinski definition) is 19. The molecule has 0 saturated carbocycles. The quantitative estimate of drug-likeness (QED) is 0.0655. The minimum Gasteiger partial charge on any atom is -0.412 e. The summed E-state index contributed by atoms with van der Waals surface area (Å²) < 4.78 is 79.7. The minimum atomic E-state index is -4.64. The number of aliphatic imine (C=N–C) groups is 1. The smallest absolute Gasteiger partial charge is 0.412 e. The van der Waals surface area contributed by atoms with Gasteiger partial charge in [0.1, 0.15) is 54.8 Å². The van der Waals surface area contributed by atoms with E-state index in [0.29, 0.717) is 28.1 Å². The second-order valence-corrected chi connectivity index (χ2v) is 19.5. The Morgan fingerprint density at radius 2 is 1.26 bits per heavy atom. The number of nitrogen functional groups attached to an aromatic ring is 1. The van der Waals surface area contributed by atoms with Gasteiger partial charge in [-0.05, 0) is 33.3 Å². The van der Waals surface area contributed by atoms with Crippen molar-refractivity contribution in [3.8, 4) is 0 Å². The van der Waals surface area contributed by atoms with Gasteiger partial charge >= 0.3 is 15.4 Å². The number of fused-ring (bicyclic) bond motifs is 4. The van der Waals surface area contributed by atoms with E-state index in [0.717, 1.165) is 5.56 Å². The van der Waals surface area contributed by atoms with Crippen molar-refractivity contribution in [1.29, 1.82) is 0 Å². The zero-order valence-corrected chi connectivity index (χ0v) is 40.0. The summed E-state index contributed by atoms with van der Waals surface area (Å²) in [6, 6.07) is 9.51. The first-order valence-electron chi connectivity index (χ1n) is 19.7. The first-order valence-corrected chi connectivity index (χ1v) is 23.2. The molecule has 1 aromatic carbocycles. The number of benzene rings is 1. The SMILES string of the molecule is CC1(C)OC2[C@@H](COP(=O)(O)O)O[C@@H](n3cnc4c(N)ncnc43)[C@H]2O1.CN(C)C=Nc1ncnc2c1ncn2[C@@H]1O[C@H](COP(C)(=O)OCc2ccccc2)C2OC(C)(C)O[C@@H]21.O.O.[Pd]. The van der Waals surface area contributed by atoms with Crippen molar-refractivity contribution >= 4 is 55.7 Å². The van der Waals surface area contributed by atoms with Crippen molar-refractivity contribution in [3.05, 3.63) is 61.2 Å². The van der Waals surface area contributed by atoms with Crippen molar-refractivity contribution in [2.24, 2.45) is 4.99 Å². The van der Waals surface area contributed by atoms with E-state index in [-0.39, 0.29) is 57.0 Å². The molecule has 8 heterocycles. The minimum absolute atomic E-state index is 0. The zero-order chi connectivity index (χ0) is 44.9.